The molecule has 0 bridgehead atoms. The van der Waals surface area contributed by atoms with Gasteiger partial charge in [-0.2, -0.15) is 0 Å². The molecule has 1 fully saturated rings. The summed E-state index contributed by atoms with van der Waals surface area (Å²) in [5, 5.41) is 1.92. The summed E-state index contributed by atoms with van der Waals surface area (Å²) in [7, 11) is 0. The van der Waals surface area contributed by atoms with Crippen LogP contribution < -0.4 is 10.1 Å². The van der Waals surface area contributed by atoms with Crippen LogP contribution in [0, 0.1) is 0 Å². The Morgan fingerprint density at radius 2 is 1.85 bits per heavy atom. The van der Waals surface area contributed by atoms with Gasteiger partial charge in [-0.15, -0.1) is 13.2 Å². The average molecular weight is 297 g/mol. The summed E-state index contributed by atoms with van der Waals surface area (Å²) < 4.78 is 70.7. The fraction of sp³-hybridized carbons (Fsp3) is 0.364. The highest BCUT2D eigenvalue weighted by atomic mass is 19.4. The monoisotopic (exact) mass is 297 g/mol. The van der Waals surface area contributed by atoms with Gasteiger partial charge in [0.25, 0.3) is 0 Å². The number of hydrogen-bond acceptors (Lipinski definition) is 3. The van der Waals surface area contributed by atoms with E-state index in [0.29, 0.717) is 0 Å². The molecule has 4 nitrogen and oxygen atoms in total. The first-order chi connectivity index (χ1) is 9.17. The van der Waals surface area contributed by atoms with E-state index in [-0.39, 0.29) is 5.56 Å². The number of benzene rings is 1. The average Bonchev–Trinajstić information content (AvgIpc) is 2.32. The molecule has 1 aliphatic heterocycles. The van der Waals surface area contributed by atoms with Crippen molar-refractivity contribution in [1.82, 2.24) is 5.32 Å². The number of cyclic esters (lactones) is 1. The van der Waals surface area contributed by atoms with Crippen molar-refractivity contribution in [3.63, 3.8) is 0 Å². The Morgan fingerprint density at radius 1 is 1.25 bits per heavy atom. The Balaban J connectivity index is 2.18. The van der Waals surface area contributed by atoms with Gasteiger partial charge < -0.3 is 14.8 Å². The van der Waals surface area contributed by atoms with Crippen molar-refractivity contribution in [1.29, 1.82) is 0 Å². The van der Waals surface area contributed by atoms with Crippen molar-refractivity contribution in [2.75, 3.05) is 6.61 Å². The molecule has 0 saturated carbocycles. The van der Waals surface area contributed by atoms with E-state index < -0.39 is 36.8 Å². The summed E-state index contributed by atoms with van der Waals surface area (Å²) in [6.07, 6.45) is -5.88. The van der Waals surface area contributed by atoms with Gasteiger partial charge in [0.2, 0.25) is 0 Å². The number of rotatable bonds is 2. The first-order valence-corrected chi connectivity index (χ1v) is 5.34. The van der Waals surface area contributed by atoms with E-state index in [2.05, 4.69) is 9.47 Å². The van der Waals surface area contributed by atoms with E-state index in [0.717, 1.165) is 24.3 Å². The van der Waals surface area contributed by atoms with Gasteiger partial charge in [-0.05, 0) is 17.7 Å². The maximum atomic E-state index is 13.5. The number of amides is 1. The number of hydrogen-bond donors (Lipinski definition) is 1. The minimum absolute atomic E-state index is 0.0545. The third-order valence-electron chi connectivity index (χ3n) is 2.53. The van der Waals surface area contributed by atoms with Gasteiger partial charge in [-0.3, -0.25) is 0 Å². The molecule has 20 heavy (non-hydrogen) atoms. The first kappa shape index (κ1) is 14.4. The van der Waals surface area contributed by atoms with Crippen LogP contribution in [-0.4, -0.2) is 25.0 Å². The summed E-state index contributed by atoms with van der Waals surface area (Å²) in [5.41, 5.74) is -0.0545. The van der Waals surface area contributed by atoms with E-state index in [9.17, 15) is 26.7 Å². The van der Waals surface area contributed by atoms with Gasteiger partial charge in [0.1, 0.15) is 11.8 Å². The zero-order valence-corrected chi connectivity index (χ0v) is 9.71. The summed E-state index contributed by atoms with van der Waals surface area (Å²) in [6, 6.07) is 2.15. The number of alkyl carbamates (subject to hydrolysis) is 1. The summed E-state index contributed by atoms with van der Waals surface area (Å²) >= 11 is 0. The van der Waals surface area contributed by atoms with Crippen molar-refractivity contribution in [3.05, 3.63) is 29.8 Å². The highest BCUT2D eigenvalue weighted by molar-refractivity contribution is 5.69. The van der Waals surface area contributed by atoms with Crippen LogP contribution in [0.25, 0.3) is 0 Å². The lowest BCUT2D eigenvalue weighted by Gasteiger charge is -2.31. The molecule has 9 heteroatoms. The van der Waals surface area contributed by atoms with Gasteiger partial charge in [-0.25, -0.2) is 13.6 Å². The number of nitrogens with one attached hydrogen (secondary N) is 1. The number of carbonyl (C=O) groups is 1. The molecule has 0 aliphatic carbocycles. The lowest BCUT2D eigenvalue weighted by molar-refractivity contribution is -0.274. The van der Waals surface area contributed by atoms with Crippen LogP contribution >= 0.6 is 0 Å². The molecule has 1 aromatic rings. The standard InChI is InChI=1S/C11H8F5NO3/c12-10(13)5-19-9(18)17-8(10)6-1-3-7(4-2-6)20-11(14,15)16/h1-4,8H,5H2,(H,17,18)/t8-/m1/s1. The Morgan fingerprint density at radius 3 is 2.40 bits per heavy atom. The predicted octanol–water partition coefficient (Wildman–Crippen LogP) is 3.00. The molecule has 110 valence electrons. The molecule has 1 aromatic carbocycles. The minimum Gasteiger partial charge on any atom is -0.443 e. The largest absolute Gasteiger partial charge is 0.573 e. The fourth-order valence-electron chi connectivity index (χ4n) is 1.70. The fourth-order valence-corrected chi connectivity index (χ4v) is 1.70. The Hall–Kier alpha value is -2.06. The van der Waals surface area contributed by atoms with Crippen LogP contribution in [0.5, 0.6) is 5.75 Å². The molecular weight excluding hydrogens is 289 g/mol. The quantitative estimate of drug-likeness (QED) is 0.854. The van der Waals surface area contributed by atoms with Crippen LogP contribution in [0.2, 0.25) is 0 Å². The zero-order valence-electron chi connectivity index (χ0n) is 9.71. The zero-order chi connectivity index (χ0) is 15.0. The van der Waals surface area contributed by atoms with Gasteiger partial charge in [0.15, 0.2) is 6.61 Å². The Bertz CT molecular complexity index is 500. The lowest BCUT2D eigenvalue weighted by Crippen LogP contribution is -2.49. The molecule has 0 aromatic heterocycles. The van der Waals surface area contributed by atoms with Gasteiger partial charge >= 0.3 is 18.4 Å². The number of carbonyl (C=O) groups excluding carboxylic acids is 1. The SMILES string of the molecule is O=C1N[C@H](c2ccc(OC(F)(F)F)cc2)C(F)(F)CO1. The first-order valence-electron chi connectivity index (χ1n) is 5.34. The van der Waals surface area contributed by atoms with Gasteiger partial charge in [0, 0.05) is 0 Å². The van der Waals surface area contributed by atoms with Crippen molar-refractivity contribution >= 4 is 6.09 Å². The van der Waals surface area contributed by atoms with Crippen LogP contribution in [-0.2, 0) is 4.74 Å². The normalized spacial score (nSPS) is 21.9. The van der Waals surface area contributed by atoms with E-state index in [1.165, 1.54) is 0 Å². The van der Waals surface area contributed by atoms with E-state index >= 15 is 0 Å². The van der Waals surface area contributed by atoms with Crippen molar-refractivity contribution in [3.8, 4) is 5.75 Å². The summed E-state index contributed by atoms with van der Waals surface area (Å²) in [5.74, 6) is -3.90. The van der Waals surface area contributed by atoms with Crippen LogP contribution in [0.4, 0.5) is 26.7 Å². The maximum absolute atomic E-state index is 13.5. The second kappa shape index (κ2) is 4.80. The number of halogens is 5. The Kier molecular flexibility index (Phi) is 3.45. The van der Waals surface area contributed by atoms with E-state index in [4.69, 9.17) is 0 Å². The third kappa shape index (κ3) is 3.28. The van der Waals surface area contributed by atoms with E-state index in [1.54, 1.807) is 0 Å². The molecule has 0 spiro atoms. The molecule has 1 aliphatic rings. The molecule has 1 N–H and O–H groups in total. The second-order valence-electron chi connectivity index (χ2n) is 4.03. The van der Waals surface area contributed by atoms with Crippen LogP contribution in [0.1, 0.15) is 11.6 Å². The van der Waals surface area contributed by atoms with Gasteiger partial charge in [-0.1, -0.05) is 12.1 Å². The molecule has 0 unspecified atom stereocenters. The number of alkyl halides is 5. The maximum Gasteiger partial charge on any atom is 0.573 e. The van der Waals surface area contributed by atoms with Crippen LogP contribution in [0.3, 0.4) is 0 Å². The molecule has 1 amide bonds. The lowest BCUT2D eigenvalue weighted by atomic mass is 10.00. The summed E-state index contributed by atoms with van der Waals surface area (Å²) in [4.78, 5) is 10.9. The molecule has 0 radical (unpaired) electrons. The number of ether oxygens (including phenoxy) is 2. The van der Waals surface area contributed by atoms with Crippen molar-refractivity contribution in [2.24, 2.45) is 0 Å². The van der Waals surface area contributed by atoms with E-state index in [1.807, 2.05) is 5.32 Å². The topological polar surface area (TPSA) is 47.6 Å². The highest BCUT2D eigenvalue weighted by Gasteiger charge is 2.46. The molecule has 1 atom stereocenters. The minimum atomic E-state index is -4.86. The predicted molar refractivity (Wildman–Crippen MR) is 55.3 cm³/mol. The highest BCUT2D eigenvalue weighted by Crippen LogP contribution is 2.35. The second-order valence-corrected chi connectivity index (χ2v) is 4.03. The van der Waals surface area contributed by atoms with Crippen molar-refractivity contribution < 1.29 is 36.2 Å². The molecular formula is C11H8F5NO3. The molecule has 1 heterocycles. The van der Waals surface area contributed by atoms with Crippen LogP contribution in [0.15, 0.2) is 24.3 Å². The Labute approximate surface area is 109 Å². The molecule has 2 rings (SSSR count). The molecule has 1 saturated heterocycles. The third-order valence-corrected chi connectivity index (χ3v) is 2.53. The van der Waals surface area contributed by atoms with Crippen molar-refractivity contribution in [2.45, 2.75) is 18.3 Å². The van der Waals surface area contributed by atoms with Gasteiger partial charge in [0.05, 0.1) is 0 Å². The summed E-state index contributed by atoms with van der Waals surface area (Å²) in [6.45, 7) is -1.09. The smallest absolute Gasteiger partial charge is 0.443 e.